The molecule has 2 rings (SSSR count). The molecule has 0 aliphatic carbocycles. The predicted octanol–water partition coefficient (Wildman–Crippen LogP) is 3.23. The lowest BCUT2D eigenvalue weighted by Gasteiger charge is -2.10. The maximum Gasteiger partial charge on any atom is 0.264 e. The van der Waals surface area contributed by atoms with Crippen LogP contribution in [0.5, 0.6) is 0 Å². The minimum absolute atomic E-state index is 0.0643. The molecular formula is C18H18FN3O. The molecule has 1 aromatic carbocycles. The predicted molar refractivity (Wildman–Crippen MR) is 87.5 cm³/mol. The summed E-state index contributed by atoms with van der Waals surface area (Å²) < 4.78 is 15.4. The van der Waals surface area contributed by atoms with Crippen LogP contribution in [0.1, 0.15) is 17.0 Å². The van der Waals surface area contributed by atoms with E-state index < -0.39 is 0 Å². The number of likely N-dealkylation sites (N-methyl/N-ethyl adjacent to an activating group) is 1. The molecule has 0 bridgehead atoms. The topological polar surface area (TPSA) is 49.0 Å². The van der Waals surface area contributed by atoms with Crippen molar-refractivity contribution in [1.29, 1.82) is 5.26 Å². The van der Waals surface area contributed by atoms with Gasteiger partial charge < -0.3 is 9.47 Å². The van der Waals surface area contributed by atoms with E-state index in [1.165, 1.54) is 17.0 Å². The summed E-state index contributed by atoms with van der Waals surface area (Å²) in [6.45, 7) is 3.77. The number of rotatable bonds is 3. The lowest BCUT2D eigenvalue weighted by Crippen LogP contribution is -2.22. The zero-order valence-electron chi connectivity index (χ0n) is 13.6. The largest absolute Gasteiger partial charge is 0.344 e. The van der Waals surface area contributed by atoms with Gasteiger partial charge in [0, 0.05) is 31.2 Å². The van der Waals surface area contributed by atoms with Crippen LogP contribution in [0.4, 0.5) is 4.39 Å². The van der Waals surface area contributed by atoms with Crippen LogP contribution in [0.25, 0.3) is 11.8 Å². The van der Waals surface area contributed by atoms with Crippen LogP contribution >= 0.6 is 0 Å². The van der Waals surface area contributed by atoms with Gasteiger partial charge in [-0.3, -0.25) is 4.79 Å². The first kappa shape index (κ1) is 16.5. The molecule has 1 heterocycles. The third-order valence-electron chi connectivity index (χ3n) is 3.59. The Bertz CT molecular complexity index is 825. The molecule has 0 fully saturated rings. The second-order valence-electron chi connectivity index (χ2n) is 5.51. The number of aryl methyl sites for hydroxylation is 1. The number of halogens is 1. The average molecular weight is 311 g/mol. The van der Waals surface area contributed by atoms with E-state index in [0.29, 0.717) is 5.69 Å². The Kier molecular flexibility index (Phi) is 4.65. The van der Waals surface area contributed by atoms with E-state index in [1.807, 2.05) is 36.6 Å². The lowest BCUT2D eigenvalue weighted by atomic mass is 10.1. The van der Waals surface area contributed by atoms with Crippen LogP contribution in [-0.4, -0.2) is 29.5 Å². The lowest BCUT2D eigenvalue weighted by molar-refractivity contribution is -0.124. The molecule has 0 aliphatic rings. The Morgan fingerprint density at radius 3 is 2.57 bits per heavy atom. The fourth-order valence-electron chi connectivity index (χ4n) is 2.48. The van der Waals surface area contributed by atoms with Gasteiger partial charge in [0.1, 0.15) is 17.5 Å². The second-order valence-corrected chi connectivity index (χ2v) is 5.51. The molecule has 5 heteroatoms. The monoisotopic (exact) mass is 311 g/mol. The maximum absolute atomic E-state index is 13.5. The van der Waals surface area contributed by atoms with E-state index in [1.54, 1.807) is 26.2 Å². The fourth-order valence-corrected chi connectivity index (χ4v) is 2.48. The van der Waals surface area contributed by atoms with Crippen molar-refractivity contribution in [2.24, 2.45) is 0 Å². The summed E-state index contributed by atoms with van der Waals surface area (Å²) in [5, 5.41) is 9.20. The van der Waals surface area contributed by atoms with Gasteiger partial charge in [0.25, 0.3) is 5.91 Å². The summed E-state index contributed by atoms with van der Waals surface area (Å²) >= 11 is 0. The number of hydrogen-bond donors (Lipinski definition) is 0. The normalized spacial score (nSPS) is 11.2. The van der Waals surface area contributed by atoms with Gasteiger partial charge in [0.2, 0.25) is 0 Å². The molecule has 0 atom stereocenters. The van der Waals surface area contributed by atoms with Crippen molar-refractivity contribution in [2.45, 2.75) is 13.8 Å². The van der Waals surface area contributed by atoms with Crippen molar-refractivity contribution in [3.8, 4) is 11.8 Å². The number of aromatic nitrogens is 1. The highest BCUT2D eigenvalue weighted by atomic mass is 19.1. The highest BCUT2D eigenvalue weighted by molar-refractivity contribution is 6.01. The first-order chi connectivity index (χ1) is 10.8. The van der Waals surface area contributed by atoms with Crippen molar-refractivity contribution in [3.05, 3.63) is 58.7 Å². The van der Waals surface area contributed by atoms with Crippen molar-refractivity contribution in [1.82, 2.24) is 9.47 Å². The molecule has 23 heavy (non-hydrogen) atoms. The number of hydrogen-bond acceptors (Lipinski definition) is 2. The molecule has 1 aromatic heterocycles. The number of benzene rings is 1. The van der Waals surface area contributed by atoms with E-state index in [9.17, 15) is 14.4 Å². The third kappa shape index (κ3) is 3.32. The molecule has 0 N–H and O–H groups in total. The Morgan fingerprint density at radius 1 is 1.30 bits per heavy atom. The summed E-state index contributed by atoms with van der Waals surface area (Å²) in [7, 11) is 3.20. The van der Waals surface area contributed by atoms with Crippen LogP contribution in [0, 0.1) is 31.0 Å². The quantitative estimate of drug-likeness (QED) is 0.645. The van der Waals surface area contributed by atoms with E-state index in [0.717, 1.165) is 17.0 Å². The van der Waals surface area contributed by atoms with E-state index in [-0.39, 0.29) is 17.3 Å². The third-order valence-corrected chi connectivity index (χ3v) is 3.59. The molecular weight excluding hydrogens is 293 g/mol. The zero-order valence-corrected chi connectivity index (χ0v) is 13.6. The number of carbonyl (C=O) groups excluding carboxylic acids is 1. The molecule has 2 aromatic rings. The highest BCUT2D eigenvalue weighted by Gasteiger charge is 2.15. The van der Waals surface area contributed by atoms with Crippen molar-refractivity contribution in [3.63, 3.8) is 0 Å². The molecule has 4 nitrogen and oxygen atoms in total. The summed E-state index contributed by atoms with van der Waals surface area (Å²) in [5.41, 5.74) is 3.27. The van der Waals surface area contributed by atoms with Crippen molar-refractivity contribution >= 4 is 12.0 Å². The first-order valence-electron chi connectivity index (χ1n) is 7.13. The van der Waals surface area contributed by atoms with Gasteiger partial charge in [0.15, 0.2) is 0 Å². The highest BCUT2D eigenvalue weighted by Crippen LogP contribution is 2.23. The Hall–Kier alpha value is -2.87. The van der Waals surface area contributed by atoms with E-state index in [2.05, 4.69) is 0 Å². The molecule has 0 saturated heterocycles. The van der Waals surface area contributed by atoms with Gasteiger partial charge >= 0.3 is 0 Å². The summed E-state index contributed by atoms with van der Waals surface area (Å²) in [6.07, 6.45) is 1.57. The molecule has 0 aliphatic heterocycles. The second kappa shape index (κ2) is 6.49. The van der Waals surface area contributed by atoms with Crippen molar-refractivity contribution < 1.29 is 9.18 Å². The number of amides is 1. The molecule has 0 radical (unpaired) electrons. The maximum atomic E-state index is 13.5. The van der Waals surface area contributed by atoms with Gasteiger partial charge in [-0.05, 0) is 49.8 Å². The van der Waals surface area contributed by atoms with Crippen LogP contribution in [0.2, 0.25) is 0 Å². The van der Waals surface area contributed by atoms with Crippen LogP contribution in [0.3, 0.4) is 0 Å². The average Bonchev–Trinajstić information content (AvgIpc) is 2.78. The summed E-state index contributed by atoms with van der Waals surface area (Å²) in [6, 6.07) is 10.1. The van der Waals surface area contributed by atoms with Gasteiger partial charge in [-0.1, -0.05) is 6.07 Å². The van der Waals surface area contributed by atoms with Gasteiger partial charge in [0.05, 0.1) is 0 Å². The number of nitrogens with zero attached hydrogens (tertiary/aromatic N) is 3. The first-order valence-corrected chi connectivity index (χ1v) is 7.13. The van der Waals surface area contributed by atoms with Crippen molar-refractivity contribution in [2.75, 3.05) is 14.1 Å². The number of nitriles is 1. The SMILES string of the molecule is Cc1cc(/C=C(/C#N)C(=O)N(C)C)c(C)n1-c1cccc(F)c1. The standard InChI is InChI=1S/C18H18FN3O/c1-12-8-14(9-15(11-20)18(23)21(3)4)13(2)22(12)17-7-5-6-16(19)10-17/h5-10H,1-4H3/b15-9-. The fraction of sp³-hybridized carbons (Fsp3) is 0.222. The Balaban J connectivity index is 2.54. The van der Waals surface area contributed by atoms with Gasteiger partial charge in [-0.2, -0.15) is 5.26 Å². The summed E-state index contributed by atoms with van der Waals surface area (Å²) in [4.78, 5) is 13.3. The van der Waals surface area contributed by atoms with Crippen LogP contribution in [0.15, 0.2) is 35.9 Å². The van der Waals surface area contributed by atoms with E-state index >= 15 is 0 Å². The minimum atomic E-state index is -0.344. The molecule has 1 amide bonds. The minimum Gasteiger partial charge on any atom is -0.344 e. The van der Waals surface area contributed by atoms with Gasteiger partial charge in [-0.15, -0.1) is 0 Å². The Morgan fingerprint density at radius 2 is 2.00 bits per heavy atom. The van der Waals surface area contributed by atoms with Crippen LogP contribution < -0.4 is 0 Å². The summed E-state index contributed by atoms with van der Waals surface area (Å²) in [5.74, 6) is -0.657. The molecule has 0 unspecified atom stereocenters. The smallest absolute Gasteiger partial charge is 0.264 e. The molecule has 0 spiro atoms. The zero-order chi connectivity index (χ0) is 17.1. The van der Waals surface area contributed by atoms with Gasteiger partial charge in [-0.25, -0.2) is 4.39 Å². The molecule has 0 saturated carbocycles. The number of carbonyl (C=O) groups is 1. The van der Waals surface area contributed by atoms with Crippen LogP contribution in [-0.2, 0) is 4.79 Å². The molecule has 118 valence electrons. The Labute approximate surface area is 135 Å². The van der Waals surface area contributed by atoms with E-state index in [4.69, 9.17) is 0 Å².